The largest absolute Gasteiger partial charge is 0.480 e. The van der Waals surface area contributed by atoms with Crippen molar-refractivity contribution in [1.82, 2.24) is 9.78 Å². The molecule has 0 atom stereocenters. The van der Waals surface area contributed by atoms with E-state index in [1.165, 1.54) is 12.1 Å². The fourth-order valence-electron chi connectivity index (χ4n) is 2.82. The summed E-state index contributed by atoms with van der Waals surface area (Å²) in [5, 5.41) is 4.95. The summed E-state index contributed by atoms with van der Waals surface area (Å²) in [6, 6.07) is 9.00. The highest BCUT2D eigenvalue weighted by atomic mass is 19.4. The lowest BCUT2D eigenvalue weighted by Crippen LogP contribution is -2.20. The number of para-hydroxylation sites is 1. The van der Waals surface area contributed by atoms with Crippen molar-refractivity contribution >= 4 is 16.7 Å². The number of hydrogen-bond acceptors (Lipinski definition) is 4. The van der Waals surface area contributed by atoms with Crippen LogP contribution >= 0.6 is 0 Å². The smallest absolute Gasteiger partial charge is 0.422 e. The van der Waals surface area contributed by atoms with Crippen LogP contribution in [0, 0.1) is 5.82 Å². The first-order valence-electron chi connectivity index (χ1n) is 8.24. The van der Waals surface area contributed by atoms with Crippen LogP contribution in [0.15, 0.2) is 36.4 Å². The van der Waals surface area contributed by atoms with Gasteiger partial charge in [-0.05, 0) is 36.7 Å². The third-order valence-corrected chi connectivity index (χ3v) is 4.01. The van der Waals surface area contributed by atoms with E-state index in [0.29, 0.717) is 41.8 Å². The van der Waals surface area contributed by atoms with Gasteiger partial charge in [0.15, 0.2) is 24.0 Å². The first kappa shape index (κ1) is 19.0. The Bertz CT molecular complexity index is 952. The van der Waals surface area contributed by atoms with Crippen LogP contribution < -0.4 is 16.2 Å². The molecule has 1 aromatic heterocycles. The number of nitrogens with zero attached hydrogens (tertiary/aromatic N) is 2. The molecule has 144 valence electrons. The molecular formula is C18H18F4N4O. The Morgan fingerprint density at radius 3 is 2.63 bits per heavy atom. The number of halogens is 4. The van der Waals surface area contributed by atoms with Crippen molar-refractivity contribution in [2.45, 2.75) is 19.1 Å². The van der Waals surface area contributed by atoms with Crippen LogP contribution in [0.5, 0.6) is 5.75 Å². The van der Waals surface area contributed by atoms with E-state index in [1.54, 1.807) is 22.9 Å². The average Bonchev–Trinajstić information content (AvgIpc) is 2.93. The molecule has 27 heavy (non-hydrogen) atoms. The van der Waals surface area contributed by atoms with Crippen molar-refractivity contribution in [2.75, 3.05) is 18.9 Å². The molecule has 0 saturated carbocycles. The van der Waals surface area contributed by atoms with E-state index in [-0.39, 0.29) is 5.56 Å². The lowest BCUT2D eigenvalue weighted by atomic mass is 10.0. The molecule has 3 aromatic rings. The van der Waals surface area contributed by atoms with Crippen molar-refractivity contribution < 1.29 is 22.3 Å². The average molecular weight is 382 g/mol. The number of fused-ring (bicyclic) bond motifs is 1. The highest BCUT2D eigenvalue weighted by molar-refractivity contribution is 5.92. The van der Waals surface area contributed by atoms with Gasteiger partial charge >= 0.3 is 6.18 Å². The van der Waals surface area contributed by atoms with Gasteiger partial charge in [-0.3, -0.25) is 4.68 Å². The van der Waals surface area contributed by atoms with Crippen LogP contribution in [0.3, 0.4) is 0 Å². The molecule has 0 aliphatic heterocycles. The minimum absolute atomic E-state index is 0.214. The van der Waals surface area contributed by atoms with Gasteiger partial charge in [0.05, 0.1) is 5.52 Å². The van der Waals surface area contributed by atoms with Gasteiger partial charge in [0.25, 0.3) is 0 Å². The zero-order valence-corrected chi connectivity index (χ0v) is 14.3. The van der Waals surface area contributed by atoms with Gasteiger partial charge in [-0.1, -0.05) is 18.2 Å². The van der Waals surface area contributed by atoms with Gasteiger partial charge < -0.3 is 16.2 Å². The number of nitrogens with two attached hydrogens (primary N) is 2. The molecule has 0 spiro atoms. The Hall–Kier alpha value is -2.81. The monoisotopic (exact) mass is 382 g/mol. The third kappa shape index (κ3) is 4.13. The van der Waals surface area contributed by atoms with Gasteiger partial charge in [0.1, 0.15) is 0 Å². The van der Waals surface area contributed by atoms with Crippen LogP contribution in [0.25, 0.3) is 22.0 Å². The van der Waals surface area contributed by atoms with Crippen molar-refractivity contribution in [3.8, 4) is 16.9 Å². The Balaban J connectivity index is 2.06. The van der Waals surface area contributed by atoms with Gasteiger partial charge in [-0.25, -0.2) is 4.39 Å². The van der Waals surface area contributed by atoms with E-state index in [2.05, 4.69) is 5.10 Å². The molecule has 3 rings (SSSR count). The molecule has 0 bridgehead atoms. The minimum Gasteiger partial charge on any atom is -0.480 e. The second-order valence-corrected chi connectivity index (χ2v) is 6.00. The summed E-state index contributed by atoms with van der Waals surface area (Å²) in [5.41, 5.74) is 12.8. The Kier molecular flexibility index (Phi) is 5.22. The summed E-state index contributed by atoms with van der Waals surface area (Å²) in [6.45, 7) is -0.570. The summed E-state index contributed by atoms with van der Waals surface area (Å²) in [4.78, 5) is 0. The Morgan fingerprint density at radius 1 is 1.15 bits per heavy atom. The highest BCUT2D eigenvalue weighted by Gasteiger charge is 2.29. The lowest BCUT2D eigenvalue weighted by Gasteiger charge is -2.14. The fourth-order valence-corrected chi connectivity index (χ4v) is 2.82. The molecule has 0 amide bonds. The topological polar surface area (TPSA) is 79.1 Å². The predicted molar refractivity (Wildman–Crippen MR) is 94.8 cm³/mol. The van der Waals surface area contributed by atoms with E-state index >= 15 is 0 Å². The van der Waals surface area contributed by atoms with Crippen LogP contribution in [-0.4, -0.2) is 29.1 Å². The molecule has 0 aliphatic rings. The second-order valence-electron chi connectivity index (χ2n) is 6.00. The maximum Gasteiger partial charge on any atom is 0.422 e. The highest BCUT2D eigenvalue weighted by Crippen LogP contribution is 2.35. The zero-order valence-electron chi connectivity index (χ0n) is 14.3. The SMILES string of the molecule is NCCCn1nc(N)c2ccc(-c3cccc(F)c3OCC(F)(F)F)cc21. The van der Waals surface area contributed by atoms with E-state index in [4.69, 9.17) is 16.2 Å². The van der Waals surface area contributed by atoms with E-state index < -0.39 is 24.3 Å². The minimum atomic E-state index is -4.57. The molecular weight excluding hydrogens is 364 g/mol. The Morgan fingerprint density at radius 2 is 1.93 bits per heavy atom. The first-order valence-corrected chi connectivity index (χ1v) is 8.24. The van der Waals surface area contributed by atoms with Crippen molar-refractivity contribution in [3.63, 3.8) is 0 Å². The number of benzene rings is 2. The summed E-state index contributed by atoms with van der Waals surface area (Å²) in [7, 11) is 0. The molecule has 0 saturated heterocycles. The number of aromatic nitrogens is 2. The maximum atomic E-state index is 14.1. The second kappa shape index (κ2) is 7.43. The van der Waals surface area contributed by atoms with Crippen LogP contribution in [0.2, 0.25) is 0 Å². The number of anilines is 1. The molecule has 0 aliphatic carbocycles. The molecule has 1 heterocycles. The molecule has 9 heteroatoms. The maximum absolute atomic E-state index is 14.1. The number of aryl methyl sites for hydroxylation is 1. The summed E-state index contributed by atoms with van der Waals surface area (Å²) in [6.07, 6.45) is -3.89. The first-order chi connectivity index (χ1) is 12.8. The summed E-state index contributed by atoms with van der Waals surface area (Å²) in [5.74, 6) is -0.982. The fraction of sp³-hybridized carbons (Fsp3) is 0.278. The normalized spacial score (nSPS) is 11.9. The Labute approximate surface area is 152 Å². The van der Waals surface area contributed by atoms with Gasteiger partial charge in [0.2, 0.25) is 0 Å². The van der Waals surface area contributed by atoms with Crippen LogP contribution in [-0.2, 0) is 6.54 Å². The van der Waals surface area contributed by atoms with Crippen molar-refractivity contribution in [2.24, 2.45) is 5.73 Å². The molecule has 0 fully saturated rings. The molecule has 5 nitrogen and oxygen atoms in total. The summed E-state index contributed by atoms with van der Waals surface area (Å²) < 4.78 is 58.1. The quantitative estimate of drug-likeness (QED) is 0.637. The van der Waals surface area contributed by atoms with Gasteiger partial charge in [-0.2, -0.15) is 18.3 Å². The van der Waals surface area contributed by atoms with Crippen LogP contribution in [0.4, 0.5) is 23.4 Å². The number of ether oxygens (including phenoxy) is 1. The van der Waals surface area contributed by atoms with Gasteiger partial charge in [-0.15, -0.1) is 0 Å². The van der Waals surface area contributed by atoms with E-state index in [9.17, 15) is 17.6 Å². The molecule has 4 N–H and O–H groups in total. The van der Waals surface area contributed by atoms with Crippen molar-refractivity contribution in [3.05, 3.63) is 42.2 Å². The van der Waals surface area contributed by atoms with Gasteiger partial charge in [0, 0.05) is 17.5 Å². The number of alkyl halides is 3. The zero-order chi connectivity index (χ0) is 19.6. The van der Waals surface area contributed by atoms with Crippen molar-refractivity contribution in [1.29, 1.82) is 0 Å². The van der Waals surface area contributed by atoms with Crippen LogP contribution in [0.1, 0.15) is 6.42 Å². The number of nitrogen functional groups attached to an aromatic ring is 1. The van der Waals surface area contributed by atoms with E-state index in [0.717, 1.165) is 6.07 Å². The molecule has 2 aromatic carbocycles. The predicted octanol–water partition coefficient (Wildman–Crippen LogP) is 3.71. The molecule has 0 unspecified atom stereocenters. The lowest BCUT2D eigenvalue weighted by molar-refractivity contribution is -0.153. The number of hydrogen-bond donors (Lipinski definition) is 2. The standard InChI is InChI=1S/C18H18F4N4O/c19-14-4-1-3-12(16(14)27-10-18(20,21)22)11-5-6-13-15(9-11)26(8-2-7-23)25-17(13)24/h1,3-6,9H,2,7-8,10,23H2,(H2,24,25). The molecule has 0 radical (unpaired) electrons. The number of rotatable bonds is 6. The van der Waals surface area contributed by atoms with E-state index in [1.807, 2.05) is 0 Å². The third-order valence-electron chi connectivity index (χ3n) is 4.01. The summed E-state index contributed by atoms with van der Waals surface area (Å²) >= 11 is 0.